The maximum Gasteiger partial charge on any atom is 0.184 e. The van der Waals surface area contributed by atoms with E-state index in [0.29, 0.717) is 11.3 Å². The molecule has 0 fully saturated rings. The molecule has 0 saturated heterocycles. The molecule has 0 aliphatic rings. The molecule has 80 valence electrons. The van der Waals surface area contributed by atoms with E-state index >= 15 is 0 Å². The van der Waals surface area contributed by atoms with Crippen LogP contribution in [0.1, 0.15) is 5.56 Å². The summed E-state index contributed by atoms with van der Waals surface area (Å²) >= 11 is 4.56. The standard InChI is InChI=1S/C9H11N3O2S/c1-14-7-2-3-8(13)6(4-7)5-11-12-9(10)15/h2-5,13H,1H3,(H3,10,12,15)/b11-5+. The Kier molecular flexibility index (Phi) is 3.87. The fourth-order valence-corrected chi connectivity index (χ4v) is 0.981. The van der Waals surface area contributed by atoms with Crippen LogP contribution in [-0.2, 0) is 0 Å². The highest BCUT2D eigenvalue weighted by Crippen LogP contribution is 2.20. The Morgan fingerprint density at radius 1 is 1.67 bits per heavy atom. The van der Waals surface area contributed by atoms with E-state index in [0.717, 1.165) is 0 Å². The minimum Gasteiger partial charge on any atom is -0.507 e. The Hall–Kier alpha value is -1.82. The van der Waals surface area contributed by atoms with Crippen LogP contribution in [-0.4, -0.2) is 23.5 Å². The summed E-state index contributed by atoms with van der Waals surface area (Å²) in [6, 6.07) is 4.80. The van der Waals surface area contributed by atoms with Crippen molar-refractivity contribution in [3.63, 3.8) is 0 Å². The van der Waals surface area contributed by atoms with Crippen molar-refractivity contribution < 1.29 is 9.84 Å². The molecule has 0 aliphatic carbocycles. The molecule has 0 bridgehead atoms. The highest BCUT2D eigenvalue weighted by molar-refractivity contribution is 7.80. The zero-order valence-electron chi connectivity index (χ0n) is 8.10. The second-order valence-corrected chi connectivity index (χ2v) is 3.10. The molecular formula is C9H11N3O2S. The van der Waals surface area contributed by atoms with Crippen molar-refractivity contribution >= 4 is 23.5 Å². The fourth-order valence-electron chi connectivity index (χ4n) is 0.928. The molecule has 0 aromatic heterocycles. The number of phenolic OH excluding ortho intramolecular Hbond substituents is 1. The third kappa shape index (κ3) is 3.43. The maximum absolute atomic E-state index is 9.46. The van der Waals surface area contributed by atoms with Gasteiger partial charge in [-0.15, -0.1) is 0 Å². The Labute approximate surface area is 92.5 Å². The van der Waals surface area contributed by atoms with Crippen LogP contribution in [0.3, 0.4) is 0 Å². The summed E-state index contributed by atoms with van der Waals surface area (Å²) in [6.45, 7) is 0. The monoisotopic (exact) mass is 225 g/mol. The summed E-state index contributed by atoms with van der Waals surface area (Å²) in [6.07, 6.45) is 1.40. The number of rotatable bonds is 3. The van der Waals surface area contributed by atoms with Crippen LogP contribution in [0.5, 0.6) is 11.5 Å². The van der Waals surface area contributed by atoms with Crippen molar-refractivity contribution in [2.45, 2.75) is 0 Å². The topological polar surface area (TPSA) is 79.9 Å². The lowest BCUT2D eigenvalue weighted by molar-refractivity contribution is 0.412. The molecule has 6 heteroatoms. The van der Waals surface area contributed by atoms with Gasteiger partial charge in [0.05, 0.1) is 13.3 Å². The Balaban J connectivity index is 2.83. The minimum absolute atomic E-state index is 0.0636. The Morgan fingerprint density at radius 3 is 3.00 bits per heavy atom. The zero-order valence-corrected chi connectivity index (χ0v) is 8.91. The highest BCUT2D eigenvalue weighted by Gasteiger charge is 1.99. The molecule has 0 saturated carbocycles. The lowest BCUT2D eigenvalue weighted by Gasteiger charge is -2.02. The van der Waals surface area contributed by atoms with Crippen LogP contribution in [0.15, 0.2) is 23.3 Å². The molecule has 0 spiro atoms. The van der Waals surface area contributed by atoms with Gasteiger partial charge in [-0.3, -0.25) is 5.43 Å². The number of nitrogens with two attached hydrogens (primary N) is 1. The van der Waals surface area contributed by atoms with Crippen LogP contribution in [0, 0.1) is 0 Å². The number of aromatic hydroxyl groups is 1. The van der Waals surface area contributed by atoms with Crippen LogP contribution >= 0.6 is 12.2 Å². The minimum atomic E-state index is 0.0636. The lowest BCUT2D eigenvalue weighted by atomic mass is 10.2. The summed E-state index contributed by atoms with van der Waals surface area (Å²) < 4.78 is 4.99. The molecule has 0 heterocycles. The van der Waals surface area contributed by atoms with Crippen LogP contribution in [0.4, 0.5) is 0 Å². The van der Waals surface area contributed by atoms with Gasteiger partial charge in [-0.2, -0.15) is 5.10 Å². The van der Waals surface area contributed by atoms with E-state index in [4.69, 9.17) is 10.5 Å². The van der Waals surface area contributed by atoms with E-state index in [1.807, 2.05) is 0 Å². The molecule has 0 atom stereocenters. The van der Waals surface area contributed by atoms with Crippen molar-refractivity contribution in [1.82, 2.24) is 5.43 Å². The van der Waals surface area contributed by atoms with E-state index in [1.54, 1.807) is 19.2 Å². The summed E-state index contributed by atoms with van der Waals surface area (Å²) in [5.41, 5.74) is 8.07. The van der Waals surface area contributed by atoms with Gasteiger partial charge in [0.1, 0.15) is 11.5 Å². The van der Waals surface area contributed by atoms with E-state index in [-0.39, 0.29) is 10.9 Å². The highest BCUT2D eigenvalue weighted by atomic mass is 32.1. The molecule has 1 aromatic carbocycles. The average molecular weight is 225 g/mol. The molecule has 0 aliphatic heterocycles. The van der Waals surface area contributed by atoms with Crippen molar-refractivity contribution in [2.24, 2.45) is 10.8 Å². The van der Waals surface area contributed by atoms with Crippen molar-refractivity contribution in [3.8, 4) is 11.5 Å². The van der Waals surface area contributed by atoms with Crippen molar-refractivity contribution in [1.29, 1.82) is 0 Å². The average Bonchev–Trinajstić information content (AvgIpc) is 2.20. The van der Waals surface area contributed by atoms with Crippen LogP contribution < -0.4 is 15.9 Å². The number of hydrogen-bond acceptors (Lipinski definition) is 4. The van der Waals surface area contributed by atoms with E-state index in [9.17, 15) is 5.11 Å². The predicted molar refractivity (Wildman–Crippen MR) is 62.2 cm³/mol. The Morgan fingerprint density at radius 2 is 2.40 bits per heavy atom. The van der Waals surface area contributed by atoms with Crippen molar-refractivity contribution in [3.05, 3.63) is 23.8 Å². The first-order chi connectivity index (χ1) is 7.13. The summed E-state index contributed by atoms with van der Waals surface area (Å²) in [4.78, 5) is 0. The number of nitrogens with zero attached hydrogens (tertiary/aromatic N) is 1. The van der Waals surface area contributed by atoms with E-state index in [1.165, 1.54) is 12.3 Å². The second kappa shape index (κ2) is 5.16. The van der Waals surface area contributed by atoms with Gasteiger partial charge in [-0.1, -0.05) is 0 Å². The second-order valence-electron chi connectivity index (χ2n) is 2.66. The first-order valence-electron chi connectivity index (χ1n) is 4.09. The largest absolute Gasteiger partial charge is 0.507 e. The van der Waals surface area contributed by atoms with Crippen molar-refractivity contribution in [2.75, 3.05) is 7.11 Å². The predicted octanol–water partition coefficient (Wildman–Crippen LogP) is 0.568. The number of methoxy groups -OCH3 is 1. The van der Waals surface area contributed by atoms with Gasteiger partial charge in [0.2, 0.25) is 0 Å². The fraction of sp³-hybridized carbons (Fsp3) is 0.111. The maximum atomic E-state index is 9.46. The van der Waals surface area contributed by atoms with E-state index < -0.39 is 0 Å². The third-order valence-corrected chi connectivity index (χ3v) is 1.70. The number of phenols is 1. The third-order valence-electron chi connectivity index (χ3n) is 1.61. The first kappa shape index (κ1) is 11.3. The van der Waals surface area contributed by atoms with Gasteiger partial charge < -0.3 is 15.6 Å². The summed E-state index contributed by atoms with van der Waals surface area (Å²) in [7, 11) is 1.54. The van der Waals surface area contributed by atoms with Gasteiger partial charge in [-0.05, 0) is 30.4 Å². The Bertz CT molecular complexity index is 393. The normalized spacial score (nSPS) is 10.2. The molecule has 0 unspecified atom stereocenters. The van der Waals surface area contributed by atoms with Gasteiger partial charge >= 0.3 is 0 Å². The molecular weight excluding hydrogens is 214 g/mol. The van der Waals surface area contributed by atoms with Crippen LogP contribution in [0.25, 0.3) is 0 Å². The number of nitrogens with one attached hydrogen (secondary N) is 1. The number of hydrazone groups is 1. The molecule has 1 rings (SSSR count). The number of thiocarbonyl (C=S) groups is 1. The van der Waals surface area contributed by atoms with Gasteiger partial charge in [-0.25, -0.2) is 0 Å². The van der Waals surface area contributed by atoms with Gasteiger partial charge in [0.15, 0.2) is 5.11 Å². The number of hydrogen-bond donors (Lipinski definition) is 3. The molecule has 0 amide bonds. The summed E-state index contributed by atoms with van der Waals surface area (Å²) in [5.74, 6) is 0.730. The quantitative estimate of drug-likeness (QED) is 0.398. The zero-order chi connectivity index (χ0) is 11.3. The SMILES string of the molecule is COc1ccc(O)c(/C=N/NC(N)=S)c1. The summed E-state index contributed by atoms with van der Waals surface area (Å²) in [5, 5.41) is 13.2. The number of benzene rings is 1. The molecule has 4 N–H and O–H groups in total. The molecule has 0 radical (unpaired) electrons. The molecule has 5 nitrogen and oxygen atoms in total. The van der Waals surface area contributed by atoms with Crippen LogP contribution in [0.2, 0.25) is 0 Å². The molecule has 15 heavy (non-hydrogen) atoms. The lowest BCUT2D eigenvalue weighted by Crippen LogP contribution is -2.23. The number of ether oxygens (including phenoxy) is 1. The smallest absolute Gasteiger partial charge is 0.184 e. The van der Waals surface area contributed by atoms with Gasteiger partial charge in [0, 0.05) is 5.56 Å². The molecule has 1 aromatic rings. The van der Waals surface area contributed by atoms with E-state index in [2.05, 4.69) is 22.7 Å². The first-order valence-corrected chi connectivity index (χ1v) is 4.50. The van der Waals surface area contributed by atoms with Gasteiger partial charge in [0.25, 0.3) is 0 Å².